The monoisotopic (exact) mass is 755 g/mol. The summed E-state index contributed by atoms with van der Waals surface area (Å²) in [5.74, 6) is 2.79. The van der Waals surface area contributed by atoms with Gasteiger partial charge >= 0.3 is 0 Å². The molecule has 13 heteroatoms. The number of nitrogens with one attached hydrogen (secondary N) is 2. The summed E-state index contributed by atoms with van der Waals surface area (Å²) in [5.41, 5.74) is 5.19. The van der Waals surface area contributed by atoms with Crippen LogP contribution in [-0.2, 0) is 45.5 Å². The van der Waals surface area contributed by atoms with Gasteiger partial charge in [0.25, 0.3) is 0 Å². The molecule has 0 aliphatic carbocycles. The Morgan fingerprint density at radius 1 is 0.745 bits per heavy atom. The van der Waals surface area contributed by atoms with Crippen LogP contribution < -0.4 is 15.5 Å². The lowest BCUT2D eigenvalue weighted by atomic mass is 9.83. The predicted octanol–water partition coefficient (Wildman–Crippen LogP) is 5.61. The van der Waals surface area contributed by atoms with Gasteiger partial charge in [0, 0.05) is 18.5 Å². The number of aryl methyl sites for hydroxylation is 1. The van der Waals surface area contributed by atoms with E-state index in [0.29, 0.717) is 77.1 Å². The lowest BCUT2D eigenvalue weighted by molar-refractivity contribution is -0.144. The smallest absolute Gasteiger partial charge is 0.243 e. The maximum Gasteiger partial charge on any atom is 0.243 e. The molecular weight excluding hydrogens is 702 g/mol. The van der Waals surface area contributed by atoms with Crippen molar-refractivity contribution in [2.75, 3.05) is 65.3 Å². The highest BCUT2D eigenvalue weighted by Gasteiger charge is 2.42. The van der Waals surface area contributed by atoms with Crippen LogP contribution in [0.2, 0.25) is 0 Å². The van der Waals surface area contributed by atoms with Gasteiger partial charge in [-0.05, 0) is 55.2 Å². The molecule has 4 rings (SSSR count). The SMILES string of the molecule is C#CCOCCOCCOCCOCCn1cc(C(ONC(=O)CCCCCCC(=O)Nc2ccccc2)(c2ccc(C)cc2)c2ccc(OC)cc2)nn1. The van der Waals surface area contributed by atoms with Gasteiger partial charge in [-0.25, -0.2) is 10.2 Å². The van der Waals surface area contributed by atoms with Gasteiger partial charge in [-0.1, -0.05) is 84.1 Å². The number of aromatic nitrogens is 3. The van der Waals surface area contributed by atoms with Crippen LogP contribution >= 0.6 is 0 Å². The summed E-state index contributed by atoms with van der Waals surface area (Å²) in [6.07, 6.45) is 10.6. The van der Waals surface area contributed by atoms with Gasteiger partial charge in [0.15, 0.2) is 5.60 Å². The molecular formula is C42H53N5O8. The number of terminal acetylenes is 1. The van der Waals surface area contributed by atoms with E-state index in [1.165, 1.54) is 0 Å². The molecule has 3 aromatic carbocycles. The Bertz CT molecular complexity index is 1730. The first-order chi connectivity index (χ1) is 26.9. The van der Waals surface area contributed by atoms with Gasteiger partial charge in [-0.3, -0.25) is 14.4 Å². The van der Waals surface area contributed by atoms with Gasteiger partial charge in [-0.15, -0.1) is 11.5 Å². The number of rotatable bonds is 27. The fourth-order valence-corrected chi connectivity index (χ4v) is 5.62. The third kappa shape index (κ3) is 14.6. The van der Waals surface area contributed by atoms with Crippen molar-refractivity contribution in [3.05, 3.63) is 107 Å². The molecule has 0 fully saturated rings. The molecule has 1 atom stereocenters. The number of hydroxylamine groups is 1. The predicted molar refractivity (Wildman–Crippen MR) is 208 cm³/mol. The summed E-state index contributed by atoms with van der Waals surface area (Å²) in [6, 6.07) is 24.7. The van der Waals surface area contributed by atoms with Crippen LogP contribution in [0.5, 0.6) is 5.75 Å². The normalized spacial score (nSPS) is 12.1. The minimum atomic E-state index is -1.34. The zero-order valence-corrected chi connectivity index (χ0v) is 31.9. The molecule has 0 spiro atoms. The molecule has 0 bridgehead atoms. The van der Waals surface area contributed by atoms with Gasteiger partial charge in [-0.2, -0.15) is 0 Å². The molecule has 13 nitrogen and oxygen atoms in total. The Labute approximate surface area is 323 Å². The van der Waals surface area contributed by atoms with Crippen LogP contribution in [0.3, 0.4) is 0 Å². The Balaban J connectivity index is 1.33. The standard InChI is InChI=1S/C42H53N5O8/c1-4-25-51-27-29-53-31-32-54-30-28-52-26-24-47-33-39(44-46-47)42(35-18-16-34(2)17-19-35,36-20-22-38(50-3)23-21-36)55-45-41(49)15-11-6-5-10-14-40(48)43-37-12-8-7-9-13-37/h1,7-9,12-13,16-23,33H,5-6,10-11,14-15,24-32H2,2-3H3,(H,43,48)(H,45,49). The maximum absolute atomic E-state index is 13.2. The van der Waals surface area contributed by atoms with E-state index in [4.69, 9.17) is 34.9 Å². The lowest BCUT2D eigenvalue weighted by Gasteiger charge is -2.32. The van der Waals surface area contributed by atoms with E-state index in [0.717, 1.165) is 41.6 Å². The highest BCUT2D eigenvalue weighted by atomic mass is 16.7. The van der Waals surface area contributed by atoms with E-state index < -0.39 is 5.60 Å². The average molecular weight is 756 g/mol. The first-order valence-electron chi connectivity index (χ1n) is 18.6. The summed E-state index contributed by atoms with van der Waals surface area (Å²) < 4.78 is 29.0. The third-order valence-electron chi connectivity index (χ3n) is 8.55. The van der Waals surface area contributed by atoms with Crippen molar-refractivity contribution in [2.45, 2.75) is 57.6 Å². The van der Waals surface area contributed by atoms with Crippen molar-refractivity contribution >= 4 is 17.5 Å². The van der Waals surface area contributed by atoms with Crippen molar-refractivity contribution in [1.82, 2.24) is 20.5 Å². The minimum absolute atomic E-state index is 0.0181. The number of amides is 2. The molecule has 4 aromatic rings. The lowest BCUT2D eigenvalue weighted by Crippen LogP contribution is -2.40. The Morgan fingerprint density at radius 3 is 1.95 bits per heavy atom. The summed E-state index contributed by atoms with van der Waals surface area (Å²) in [6.45, 7) is 5.74. The minimum Gasteiger partial charge on any atom is -0.497 e. The summed E-state index contributed by atoms with van der Waals surface area (Å²) in [5, 5.41) is 11.9. The molecule has 0 saturated heterocycles. The Hall–Kier alpha value is -5.10. The van der Waals surface area contributed by atoms with Crippen LogP contribution in [0.15, 0.2) is 85.1 Å². The van der Waals surface area contributed by atoms with Crippen molar-refractivity contribution in [3.63, 3.8) is 0 Å². The van der Waals surface area contributed by atoms with E-state index >= 15 is 0 Å². The molecule has 55 heavy (non-hydrogen) atoms. The molecule has 1 aromatic heterocycles. The second-order valence-electron chi connectivity index (χ2n) is 12.7. The van der Waals surface area contributed by atoms with Gasteiger partial charge in [0.1, 0.15) is 18.1 Å². The zero-order valence-electron chi connectivity index (χ0n) is 31.9. The Kier molecular flexibility index (Phi) is 18.9. The van der Waals surface area contributed by atoms with Crippen molar-refractivity contribution in [2.24, 2.45) is 0 Å². The molecule has 2 N–H and O–H groups in total. The van der Waals surface area contributed by atoms with E-state index in [1.807, 2.05) is 85.8 Å². The van der Waals surface area contributed by atoms with Gasteiger partial charge in [0.2, 0.25) is 11.8 Å². The average Bonchev–Trinajstić information content (AvgIpc) is 3.68. The second kappa shape index (κ2) is 24.3. The van der Waals surface area contributed by atoms with E-state index in [2.05, 4.69) is 27.0 Å². The summed E-state index contributed by atoms with van der Waals surface area (Å²) in [7, 11) is 1.61. The van der Waals surface area contributed by atoms with Gasteiger partial charge in [0.05, 0.1) is 66.1 Å². The molecule has 2 amide bonds. The van der Waals surface area contributed by atoms with Crippen molar-refractivity contribution < 1.29 is 38.1 Å². The topological polar surface area (TPSA) is 144 Å². The van der Waals surface area contributed by atoms with E-state index in [1.54, 1.807) is 18.0 Å². The van der Waals surface area contributed by atoms with Crippen LogP contribution in [0.1, 0.15) is 60.9 Å². The number of anilines is 1. The first kappa shape index (κ1) is 42.6. The number of ether oxygens (including phenoxy) is 5. The van der Waals surface area contributed by atoms with E-state index in [9.17, 15) is 9.59 Å². The second-order valence-corrected chi connectivity index (χ2v) is 12.7. The maximum atomic E-state index is 13.2. The highest BCUT2D eigenvalue weighted by Crippen LogP contribution is 2.39. The number of benzene rings is 3. The highest BCUT2D eigenvalue weighted by molar-refractivity contribution is 5.90. The van der Waals surface area contributed by atoms with Gasteiger partial charge < -0.3 is 29.0 Å². The fourth-order valence-electron chi connectivity index (χ4n) is 5.62. The molecule has 1 unspecified atom stereocenters. The number of carbonyl (C=O) groups excluding carboxylic acids is 2. The number of unbranched alkanes of at least 4 members (excludes halogenated alkanes) is 3. The molecule has 0 radical (unpaired) electrons. The number of para-hydroxylation sites is 1. The molecule has 0 aliphatic rings. The fraction of sp³-hybridized carbons (Fsp3) is 0.429. The van der Waals surface area contributed by atoms with Crippen molar-refractivity contribution in [1.29, 1.82) is 0 Å². The van der Waals surface area contributed by atoms with Crippen molar-refractivity contribution in [3.8, 4) is 18.1 Å². The molecule has 294 valence electrons. The van der Waals surface area contributed by atoms with Crippen LogP contribution in [0.25, 0.3) is 0 Å². The quantitative estimate of drug-likeness (QED) is 0.0448. The molecule has 1 heterocycles. The first-order valence-corrected chi connectivity index (χ1v) is 18.6. The molecule has 0 saturated carbocycles. The summed E-state index contributed by atoms with van der Waals surface area (Å²) >= 11 is 0. The number of hydrogen-bond acceptors (Lipinski definition) is 10. The number of carbonyl (C=O) groups is 2. The third-order valence-corrected chi connectivity index (χ3v) is 8.55. The zero-order chi connectivity index (χ0) is 39.0. The Morgan fingerprint density at radius 2 is 1.33 bits per heavy atom. The number of methoxy groups -OCH3 is 1. The summed E-state index contributed by atoms with van der Waals surface area (Å²) in [4.78, 5) is 32.0. The largest absolute Gasteiger partial charge is 0.497 e. The van der Waals surface area contributed by atoms with Crippen LogP contribution in [0.4, 0.5) is 5.69 Å². The van der Waals surface area contributed by atoms with E-state index in [-0.39, 0.29) is 24.8 Å². The number of nitrogens with zero attached hydrogens (tertiary/aromatic N) is 3. The molecule has 0 aliphatic heterocycles. The van der Waals surface area contributed by atoms with Crippen LogP contribution in [0, 0.1) is 19.3 Å². The number of hydrogen-bond donors (Lipinski definition) is 2. The van der Waals surface area contributed by atoms with Crippen LogP contribution in [-0.4, -0.2) is 86.8 Å².